The van der Waals surface area contributed by atoms with Crippen molar-refractivity contribution in [3.8, 4) is 11.5 Å². The molecule has 152 valence electrons. The Kier molecular flexibility index (Phi) is 7.34. The normalized spacial score (nSPS) is 10.6. The van der Waals surface area contributed by atoms with Gasteiger partial charge in [-0.1, -0.05) is 52.3 Å². The van der Waals surface area contributed by atoms with Gasteiger partial charge in [0.25, 0.3) is 0 Å². The third kappa shape index (κ3) is 6.02. The zero-order valence-electron chi connectivity index (χ0n) is 16.2. The predicted molar refractivity (Wildman–Crippen MR) is 118 cm³/mol. The highest BCUT2D eigenvalue weighted by Gasteiger charge is 2.13. The van der Waals surface area contributed by atoms with Crippen molar-refractivity contribution in [3.63, 3.8) is 0 Å². The predicted octanol–water partition coefficient (Wildman–Crippen LogP) is 4.37. The Morgan fingerprint density at radius 1 is 1.00 bits per heavy atom. The van der Waals surface area contributed by atoms with Gasteiger partial charge in [-0.05, 0) is 47.5 Å². The molecule has 7 heteroatoms. The lowest BCUT2D eigenvalue weighted by atomic mass is 10.1. The second-order valence-electron chi connectivity index (χ2n) is 6.27. The summed E-state index contributed by atoms with van der Waals surface area (Å²) in [5.41, 5.74) is 4.49. The van der Waals surface area contributed by atoms with Crippen molar-refractivity contribution >= 4 is 34.0 Å². The summed E-state index contributed by atoms with van der Waals surface area (Å²) in [6, 6.07) is 21.3. The number of amides is 1. The number of carbonyl (C=O) groups excluding carboxylic acids is 2. The number of esters is 1. The SMILES string of the molecule is COc1cc(/C=N\NC(=O)Cc2ccccc2)ccc1OC(=O)c1cccc(Br)c1. The van der Waals surface area contributed by atoms with Gasteiger partial charge in [0.15, 0.2) is 11.5 Å². The number of rotatable bonds is 7. The molecule has 0 aromatic heterocycles. The highest BCUT2D eigenvalue weighted by molar-refractivity contribution is 9.10. The van der Waals surface area contributed by atoms with Gasteiger partial charge in [0, 0.05) is 4.47 Å². The third-order valence-corrected chi connectivity index (χ3v) is 4.55. The van der Waals surface area contributed by atoms with Crippen molar-refractivity contribution < 1.29 is 19.1 Å². The van der Waals surface area contributed by atoms with Crippen molar-refractivity contribution in [2.45, 2.75) is 6.42 Å². The Morgan fingerprint density at radius 2 is 1.80 bits per heavy atom. The average Bonchev–Trinajstić information content (AvgIpc) is 2.75. The molecule has 3 rings (SSSR count). The molecule has 0 atom stereocenters. The number of carbonyl (C=O) groups is 2. The highest BCUT2D eigenvalue weighted by Crippen LogP contribution is 2.28. The van der Waals surface area contributed by atoms with E-state index in [0.29, 0.717) is 16.9 Å². The van der Waals surface area contributed by atoms with Crippen molar-refractivity contribution in [3.05, 3.63) is 94.0 Å². The maximum absolute atomic E-state index is 12.3. The third-order valence-electron chi connectivity index (χ3n) is 4.06. The van der Waals surface area contributed by atoms with Gasteiger partial charge >= 0.3 is 5.97 Å². The molecule has 0 aliphatic rings. The van der Waals surface area contributed by atoms with Crippen molar-refractivity contribution in [2.75, 3.05) is 7.11 Å². The molecule has 0 bridgehead atoms. The first kappa shape index (κ1) is 21.3. The summed E-state index contributed by atoms with van der Waals surface area (Å²) < 4.78 is 11.5. The number of benzene rings is 3. The van der Waals surface area contributed by atoms with Gasteiger partial charge in [0.2, 0.25) is 5.91 Å². The van der Waals surface area contributed by atoms with Crippen LogP contribution in [-0.2, 0) is 11.2 Å². The number of nitrogens with zero attached hydrogens (tertiary/aromatic N) is 1. The summed E-state index contributed by atoms with van der Waals surface area (Å²) in [5, 5.41) is 3.97. The second-order valence-corrected chi connectivity index (χ2v) is 7.18. The molecule has 0 radical (unpaired) electrons. The van der Waals surface area contributed by atoms with Crippen molar-refractivity contribution in [1.82, 2.24) is 5.43 Å². The Morgan fingerprint density at radius 3 is 2.53 bits per heavy atom. The van der Waals surface area contributed by atoms with Crippen LogP contribution in [0.1, 0.15) is 21.5 Å². The summed E-state index contributed by atoms with van der Waals surface area (Å²) in [6.07, 6.45) is 1.73. The number of halogens is 1. The fourth-order valence-electron chi connectivity index (χ4n) is 2.62. The molecule has 1 N–H and O–H groups in total. The smallest absolute Gasteiger partial charge is 0.343 e. The maximum Gasteiger partial charge on any atom is 0.343 e. The number of hydrogen-bond donors (Lipinski definition) is 1. The number of methoxy groups -OCH3 is 1. The fraction of sp³-hybridized carbons (Fsp3) is 0.0870. The van der Waals surface area contributed by atoms with E-state index in [-0.39, 0.29) is 18.1 Å². The van der Waals surface area contributed by atoms with Gasteiger partial charge < -0.3 is 9.47 Å². The van der Waals surface area contributed by atoms with E-state index >= 15 is 0 Å². The quantitative estimate of drug-likeness (QED) is 0.242. The molecule has 0 aliphatic heterocycles. The maximum atomic E-state index is 12.3. The zero-order chi connectivity index (χ0) is 21.3. The van der Waals surface area contributed by atoms with Gasteiger partial charge in [0.1, 0.15) is 0 Å². The Labute approximate surface area is 182 Å². The molecule has 30 heavy (non-hydrogen) atoms. The van der Waals surface area contributed by atoms with Crippen LogP contribution in [0.2, 0.25) is 0 Å². The van der Waals surface area contributed by atoms with E-state index in [1.54, 1.807) is 36.4 Å². The zero-order valence-corrected chi connectivity index (χ0v) is 17.8. The second kappa shape index (κ2) is 10.4. The molecule has 0 saturated heterocycles. The number of hydrogen-bond acceptors (Lipinski definition) is 5. The molecule has 0 spiro atoms. The number of ether oxygens (including phenoxy) is 2. The molecule has 3 aromatic rings. The van der Waals surface area contributed by atoms with E-state index in [0.717, 1.165) is 10.0 Å². The molecule has 1 amide bonds. The van der Waals surface area contributed by atoms with Crippen LogP contribution in [0.5, 0.6) is 11.5 Å². The Balaban J connectivity index is 1.62. The molecule has 6 nitrogen and oxygen atoms in total. The summed E-state index contributed by atoms with van der Waals surface area (Å²) in [5.74, 6) is -0.0566. The van der Waals surface area contributed by atoms with Crippen LogP contribution < -0.4 is 14.9 Å². The van der Waals surface area contributed by atoms with E-state index in [1.165, 1.54) is 13.3 Å². The number of hydrazone groups is 1. The van der Waals surface area contributed by atoms with Gasteiger partial charge in [-0.3, -0.25) is 4.79 Å². The summed E-state index contributed by atoms with van der Waals surface area (Å²) >= 11 is 3.33. The fourth-order valence-corrected chi connectivity index (χ4v) is 3.02. The van der Waals surface area contributed by atoms with Crippen LogP contribution in [0.4, 0.5) is 0 Å². The Bertz CT molecular complexity index is 1070. The topological polar surface area (TPSA) is 77.0 Å². The van der Waals surface area contributed by atoms with Gasteiger partial charge in [-0.25, -0.2) is 10.2 Å². The van der Waals surface area contributed by atoms with E-state index in [4.69, 9.17) is 9.47 Å². The molecular formula is C23H19BrN2O4. The van der Waals surface area contributed by atoms with E-state index in [2.05, 4.69) is 26.5 Å². The first-order valence-corrected chi connectivity index (χ1v) is 9.86. The molecule has 0 aliphatic carbocycles. The molecule has 0 unspecified atom stereocenters. The highest BCUT2D eigenvalue weighted by atomic mass is 79.9. The monoisotopic (exact) mass is 466 g/mol. The van der Waals surface area contributed by atoms with Gasteiger partial charge in [0.05, 0.1) is 25.3 Å². The molecule has 3 aromatic carbocycles. The van der Waals surface area contributed by atoms with Crippen LogP contribution in [0.3, 0.4) is 0 Å². The summed E-state index contributed by atoms with van der Waals surface area (Å²) in [4.78, 5) is 24.3. The lowest BCUT2D eigenvalue weighted by Crippen LogP contribution is -2.19. The standard InChI is InChI=1S/C23H19BrN2O4/c1-29-21-12-17(15-25-26-22(27)13-16-6-3-2-4-7-16)10-11-20(21)30-23(28)18-8-5-9-19(24)14-18/h2-12,14-15H,13H2,1H3,(H,26,27)/b25-15-. The Hall–Kier alpha value is -3.45. The van der Waals surface area contributed by atoms with Crippen LogP contribution in [0, 0.1) is 0 Å². The van der Waals surface area contributed by atoms with Gasteiger partial charge in [-0.15, -0.1) is 0 Å². The minimum Gasteiger partial charge on any atom is -0.493 e. The van der Waals surface area contributed by atoms with Crippen molar-refractivity contribution in [1.29, 1.82) is 0 Å². The minimum absolute atomic E-state index is 0.219. The summed E-state index contributed by atoms with van der Waals surface area (Å²) in [7, 11) is 1.48. The first-order valence-electron chi connectivity index (χ1n) is 9.07. The van der Waals surface area contributed by atoms with E-state index in [1.807, 2.05) is 36.4 Å². The van der Waals surface area contributed by atoms with Crippen molar-refractivity contribution in [2.24, 2.45) is 5.10 Å². The first-order chi connectivity index (χ1) is 14.5. The minimum atomic E-state index is -0.496. The summed E-state index contributed by atoms with van der Waals surface area (Å²) in [6.45, 7) is 0. The van der Waals surface area contributed by atoms with E-state index < -0.39 is 5.97 Å². The molecule has 0 heterocycles. The largest absolute Gasteiger partial charge is 0.493 e. The number of nitrogens with one attached hydrogen (secondary N) is 1. The van der Waals surface area contributed by atoms with Crippen LogP contribution in [-0.4, -0.2) is 25.2 Å². The average molecular weight is 467 g/mol. The lowest BCUT2D eigenvalue weighted by Gasteiger charge is -2.10. The van der Waals surface area contributed by atoms with Crippen LogP contribution in [0.25, 0.3) is 0 Å². The van der Waals surface area contributed by atoms with E-state index in [9.17, 15) is 9.59 Å². The lowest BCUT2D eigenvalue weighted by molar-refractivity contribution is -0.120. The molecule has 0 saturated carbocycles. The van der Waals surface area contributed by atoms with Gasteiger partial charge in [-0.2, -0.15) is 5.10 Å². The van der Waals surface area contributed by atoms with Crippen LogP contribution in [0.15, 0.2) is 82.4 Å². The molecule has 0 fully saturated rings. The van der Waals surface area contributed by atoms with Crippen LogP contribution >= 0.6 is 15.9 Å². The molecular weight excluding hydrogens is 448 g/mol.